The summed E-state index contributed by atoms with van der Waals surface area (Å²) in [6, 6.07) is 22.1. The van der Waals surface area contributed by atoms with E-state index < -0.39 is 20.2 Å². The van der Waals surface area contributed by atoms with Crippen molar-refractivity contribution in [1.29, 1.82) is 0 Å². The van der Waals surface area contributed by atoms with Crippen molar-refractivity contribution >= 4 is 52.1 Å². The minimum Gasteiger partial charge on any atom is -0.481 e. The number of nitrogen functional groups attached to an aromatic ring is 1. The minimum absolute atomic E-state index is 0.0664. The topological polar surface area (TPSA) is 97.5 Å². The summed E-state index contributed by atoms with van der Waals surface area (Å²) in [5.41, 5.74) is 6.52. The molecule has 0 amide bonds. The van der Waals surface area contributed by atoms with Gasteiger partial charge in [-0.25, -0.2) is 4.98 Å². The highest BCUT2D eigenvalue weighted by atomic mass is 79.9. The number of benzene rings is 2. The van der Waals surface area contributed by atoms with Crippen LogP contribution in [0.3, 0.4) is 0 Å². The quantitative estimate of drug-likeness (QED) is 0.362. The molecule has 33 heavy (non-hydrogen) atoms. The van der Waals surface area contributed by atoms with E-state index in [1.54, 1.807) is 12.3 Å². The summed E-state index contributed by atoms with van der Waals surface area (Å²) in [6.45, 7) is 6.73. The van der Waals surface area contributed by atoms with Gasteiger partial charge in [0.25, 0.3) is 8.32 Å². The molecule has 2 aromatic carbocycles. The van der Waals surface area contributed by atoms with E-state index in [1.807, 2.05) is 36.4 Å². The van der Waals surface area contributed by atoms with Crippen LogP contribution in [-0.4, -0.2) is 37.5 Å². The number of carbonyl (C=O) groups is 1. The Labute approximate surface area is 204 Å². The molecular formula is C25H30BrN3O3Si. The summed E-state index contributed by atoms with van der Waals surface area (Å²) in [7, 11) is -2.82. The number of halogens is 1. The molecule has 1 heterocycles. The molecule has 0 saturated carbocycles. The van der Waals surface area contributed by atoms with E-state index in [0.29, 0.717) is 11.5 Å². The molecule has 4 N–H and O–H groups in total. The van der Waals surface area contributed by atoms with E-state index in [0.717, 1.165) is 14.8 Å². The van der Waals surface area contributed by atoms with Crippen molar-refractivity contribution in [1.82, 2.24) is 4.98 Å². The molecule has 0 bridgehead atoms. The fourth-order valence-electron chi connectivity index (χ4n) is 4.03. The van der Waals surface area contributed by atoms with Crippen LogP contribution in [0.1, 0.15) is 20.8 Å². The lowest BCUT2D eigenvalue weighted by Crippen LogP contribution is -2.67. The van der Waals surface area contributed by atoms with Gasteiger partial charge in [0.05, 0.1) is 11.6 Å². The van der Waals surface area contributed by atoms with Crippen LogP contribution >= 0.6 is 15.9 Å². The van der Waals surface area contributed by atoms with Gasteiger partial charge < -0.3 is 20.6 Å². The van der Waals surface area contributed by atoms with Gasteiger partial charge in [0.1, 0.15) is 5.82 Å². The first-order chi connectivity index (χ1) is 15.6. The van der Waals surface area contributed by atoms with Gasteiger partial charge in [-0.3, -0.25) is 4.79 Å². The van der Waals surface area contributed by atoms with E-state index in [-0.39, 0.29) is 18.2 Å². The number of hydrogen-bond donors (Lipinski definition) is 3. The van der Waals surface area contributed by atoms with Crippen molar-refractivity contribution in [3.8, 4) is 0 Å². The molecule has 0 aliphatic rings. The first-order valence-electron chi connectivity index (χ1n) is 10.8. The van der Waals surface area contributed by atoms with Crippen molar-refractivity contribution in [3.63, 3.8) is 0 Å². The van der Waals surface area contributed by atoms with Crippen LogP contribution < -0.4 is 21.4 Å². The lowest BCUT2D eigenvalue weighted by molar-refractivity contribution is -0.142. The lowest BCUT2D eigenvalue weighted by atomic mass is 10.1. The van der Waals surface area contributed by atoms with Gasteiger partial charge in [0, 0.05) is 23.8 Å². The van der Waals surface area contributed by atoms with Crippen molar-refractivity contribution < 1.29 is 14.3 Å². The van der Waals surface area contributed by atoms with E-state index in [4.69, 9.17) is 10.2 Å². The number of rotatable bonds is 9. The minimum atomic E-state index is -2.82. The second-order valence-electron chi connectivity index (χ2n) is 8.98. The van der Waals surface area contributed by atoms with Gasteiger partial charge in [-0.05, 0) is 37.4 Å². The average Bonchev–Trinajstić information content (AvgIpc) is 2.78. The summed E-state index contributed by atoms with van der Waals surface area (Å²) < 4.78 is 7.55. The zero-order valence-corrected chi connectivity index (χ0v) is 21.7. The number of hydrogen-bond acceptors (Lipinski definition) is 5. The molecule has 0 radical (unpaired) electrons. The SMILES string of the molecule is CC(C)(C)[Si](OCC(CNc1cc(Br)cnc1N)C(=O)O)(c1ccccc1)c1ccccc1. The van der Waals surface area contributed by atoms with Crippen molar-refractivity contribution in [2.75, 3.05) is 24.2 Å². The number of anilines is 2. The van der Waals surface area contributed by atoms with Crippen molar-refractivity contribution in [2.24, 2.45) is 5.92 Å². The fourth-order valence-corrected chi connectivity index (χ4v) is 8.97. The summed E-state index contributed by atoms with van der Waals surface area (Å²) in [6.07, 6.45) is 1.60. The van der Waals surface area contributed by atoms with E-state index in [9.17, 15) is 9.90 Å². The molecule has 174 valence electrons. The molecule has 0 saturated heterocycles. The molecule has 1 atom stereocenters. The predicted octanol–water partition coefficient (Wildman–Crippen LogP) is 4.12. The van der Waals surface area contributed by atoms with Gasteiger partial charge >= 0.3 is 5.97 Å². The van der Waals surface area contributed by atoms with E-state index in [2.05, 4.69) is 71.3 Å². The number of carboxylic acids is 1. The maximum Gasteiger partial charge on any atom is 0.310 e. The molecule has 3 aromatic rings. The van der Waals surface area contributed by atoms with Gasteiger partial charge in [0.2, 0.25) is 0 Å². The summed E-state index contributed by atoms with van der Waals surface area (Å²) in [4.78, 5) is 16.2. The van der Waals surface area contributed by atoms with Crippen LogP contribution in [0.4, 0.5) is 11.5 Å². The predicted molar refractivity (Wildman–Crippen MR) is 140 cm³/mol. The summed E-state index contributed by atoms with van der Waals surface area (Å²) >= 11 is 3.37. The molecule has 6 nitrogen and oxygen atoms in total. The highest BCUT2D eigenvalue weighted by Gasteiger charge is 2.50. The Morgan fingerprint density at radius 3 is 2.15 bits per heavy atom. The smallest absolute Gasteiger partial charge is 0.310 e. The Morgan fingerprint density at radius 2 is 1.67 bits per heavy atom. The molecule has 0 aliphatic heterocycles. The van der Waals surface area contributed by atoms with Crippen molar-refractivity contribution in [2.45, 2.75) is 25.8 Å². The second-order valence-corrected chi connectivity index (χ2v) is 14.2. The third-order valence-electron chi connectivity index (χ3n) is 5.69. The average molecular weight is 529 g/mol. The molecule has 0 spiro atoms. The van der Waals surface area contributed by atoms with Gasteiger partial charge in [-0.15, -0.1) is 0 Å². The first kappa shape index (κ1) is 24.9. The third-order valence-corrected chi connectivity index (χ3v) is 11.1. The van der Waals surface area contributed by atoms with E-state index >= 15 is 0 Å². The Morgan fingerprint density at radius 1 is 1.12 bits per heavy atom. The monoisotopic (exact) mass is 527 g/mol. The zero-order valence-electron chi connectivity index (χ0n) is 19.1. The Hall–Kier alpha value is -2.68. The molecule has 0 aliphatic carbocycles. The summed E-state index contributed by atoms with van der Waals surface area (Å²) in [5, 5.41) is 15.1. The fraction of sp³-hybridized carbons (Fsp3) is 0.280. The number of aromatic nitrogens is 1. The zero-order chi connectivity index (χ0) is 24.1. The Bertz CT molecular complexity index is 1040. The van der Waals surface area contributed by atoms with Crippen molar-refractivity contribution in [3.05, 3.63) is 77.4 Å². The molecule has 8 heteroatoms. The van der Waals surface area contributed by atoms with Crippen LogP contribution in [0.5, 0.6) is 0 Å². The van der Waals surface area contributed by atoms with E-state index in [1.165, 1.54) is 0 Å². The molecule has 0 fully saturated rings. The van der Waals surface area contributed by atoms with Crippen LogP contribution in [-0.2, 0) is 9.22 Å². The third kappa shape index (κ3) is 5.63. The number of nitrogens with zero attached hydrogens (tertiary/aromatic N) is 1. The van der Waals surface area contributed by atoms with Crippen LogP contribution in [0.15, 0.2) is 77.4 Å². The number of nitrogens with one attached hydrogen (secondary N) is 1. The second kappa shape index (κ2) is 10.5. The lowest BCUT2D eigenvalue weighted by Gasteiger charge is -2.43. The molecular weight excluding hydrogens is 498 g/mol. The van der Waals surface area contributed by atoms with Gasteiger partial charge in [-0.1, -0.05) is 81.4 Å². The Balaban J connectivity index is 1.93. The normalized spacial score (nSPS) is 12.8. The van der Waals surface area contributed by atoms with Crippen LogP contribution in [0.2, 0.25) is 5.04 Å². The molecule has 1 unspecified atom stereocenters. The largest absolute Gasteiger partial charge is 0.481 e. The summed E-state index contributed by atoms with van der Waals surface area (Å²) in [5.74, 6) is -1.39. The number of aliphatic carboxylic acids is 1. The maximum absolute atomic E-state index is 12.2. The molecule has 1 aromatic heterocycles. The Kier molecular flexibility index (Phi) is 7.94. The molecule has 3 rings (SSSR count). The highest BCUT2D eigenvalue weighted by molar-refractivity contribution is 9.10. The number of pyridine rings is 1. The number of nitrogens with two attached hydrogens (primary N) is 1. The maximum atomic E-state index is 12.2. The van der Waals surface area contributed by atoms with Gasteiger partial charge in [0.15, 0.2) is 0 Å². The van der Waals surface area contributed by atoms with Crippen LogP contribution in [0, 0.1) is 5.92 Å². The number of carboxylic acid groups (broad SMARTS) is 1. The van der Waals surface area contributed by atoms with Gasteiger partial charge in [-0.2, -0.15) is 0 Å². The highest BCUT2D eigenvalue weighted by Crippen LogP contribution is 2.37. The first-order valence-corrected chi connectivity index (χ1v) is 13.5. The standard InChI is InChI=1S/C25H30BrN3O3Si/c1-25(2,3)33(20-10-6-4-7-11-20,21-12-8-5-9-13-21)32-17-18(24(30)31)15-28-22-14-19(26)16-29-23(22)27/h4-14,16,18,28H,15,17H2,1-3H3,(H2,27,29)(H,30,31). The van der Waals surface area contributed by atoms with Crippen LogP contribution in [0.25, 0.3) is 0 Å².